The van der Waals surface area contributed by atoms with Crippen molar-refractivity contribution in [2.45, 2.75) is 6.54 Å². The molecule has 0 N–H and O–H groups in total. The van der Waals surface area contributed by atoms with Crippen molar-refractivity contribution in [1.29, 1.82) is 0 Å². The number of fused-ring (bicyclic) bond motifs is 1. The van der Waals surface area contributed by atoms with E-state index in [0.29, 0.717) is 35.6 Å². The molecule has 0 saturated carbocycles. The molecule has 10 heteroatoms. The summed E-state index contributed by atoms with van der Waals surface area (Å²) in [6, 6.07) is 12.1. The maximum absolute atomic E-state index is 12.6. The first-order valence-corrected chi connectivity index (χ1v) is 10.1. The van der Waals surface area contributed by atoms with Crippen LogP contribution in [0.15, 0.2) is 48.7 Å². The number of nitrogens with zero attached hydrogens (tertiary/aromatic N) is 3. The van der Waals surface area contributed by atoms with Crippen LogP contribution in [0.3, 0.4) is 0 Å². The van der Waals surface area contributed by atoms with Crippen LogP contribution in [0.1, 0.15) is 21.7 Å². The minimum absolute atomic E-state index is 0.0383. The van der Waals surface area contributed by atoms with Gasteiger partial charge in [0.1, 0.15) is 38.1 Å². The molecule has 32 heavy (non-hydrogen) atoms. The molecule has 1 aliphatic heterocycles. The number of carbonyl (C=O) groups excluding carboxylic acids is 1. The number of imidazole rings is 1. The molecule has 0 fully saturated rings. The quantitative estimate of drug-likeness (QED) is 0.298. The highest BCUT2D eigenvalue weighted by atomic mass is 35.5. The van der Waals surface area contributed by atoms with Crippen molar-refractivity contribution < 1.29 is 23.9 Å². The average molecular weight is 456 g/mol. The van der Waals surface area contributed by atoms with Crippen molar-refractivity contribution >= 4 is 35.5 Å². The zero-order valence-electron chi connectivity index (χ0n) is 16.8. The molecule has 1 aromatic heterocycles. The van der Waals surface area contributed by atoms with Crippen LogP contribution in [0.5, 0.6) is 11.5 Å². The number of rotatable bonds is 7. The lowest BCUT2D eigenvalue weighted by molar-refractivity contribution is -0.392. The first kappa shape index (κ1) is 21.4. The number of hydrogen-bond donors (Lipinski definition) is 0. The second kappa shape index (κ2) is 9.52. The fraction of sp³-hybridized carbons (Fsp3) is 0.182. The van der Waals surface area contributed by atoms with Gasteiger partial charge in [0.05, 0.1) is 0 Å². The SMILES string of the molecule is O=C(OCCn1c([N+](=O)[O-])cnc1/C=C\c1ccccc1Cl)c1cccc2c1OCCO2. The highest BCUT2D eigenvalue weighted by Crippen LogP contribution is 2.34. The Morgan fingerprint density at radius 2 is 2.00 bits per heavy atom. The van der Waals surface area contributed by atoms with Crippen LogP contribution in [-0.4, -0.2) is 40.3 Å². The van der Waals surface area contributed by atoms with Gasteiger partial charge in [-0.25, -0.2) is 14.3 Å². The minimum Gasteiger partial charge on any atom is -0.486 e. The second-order valence-electron chi connectivity index (χ2n) is 6.70. The van der Waals surface area contributed by atoms with Gasteiger partial charge in [-0.3, -0.25) is 0 Å². The Bertz CT molecular complexity index is 1190. The van der Waals surface area contributed by atoms with Crippen LogP contribution in [-0.2, 0) is 11.3 Å². The van der Waals surface area contributed by atoms with E-state index in [4.69, 9.17) is 25.8 Å². The molecule has 0 aliphatic carbocycles. The van der Waals surface area contributed by atoms with Gasteiger partial charge in [0, 0.05) is 11.1 Å². The maximum atomic E-state index is 12.6. The molecule has 0 bridgehead atoms. The van der Waals surface area contributed by atoms with Gasteiger partial charge in [-0.1, -0.05) is 35.9 Å². The largest absolute Gasteiger partial charge is 0.486 e. The topological polar surface area (TPSA) is 106 Å². The number of aromatic nitrogens is 2. The number of benzene rings is 2. The van der Waals surface area contributed by atoms with E-state index in [2.05, 4.69) is 4.98 Å². The van der Waals surface area contributed by atoms with Gasteiger partial charge in [-0.2, -0.15) is 0 Å². The summed E-state index contributed by atoms with van der Waals surface area (Å²) < 4.78 is 17.7. The molecule has 2 aromatic carbocycles. The van der Waals surface area contributed by atoms with Crippen molar-refractivity contribution in [2.24, 2.45) is 0 Å². The molecule has 0 spiro atoms. The zero-order valence-corrected chi connectivity index (χ0v) is 17.5. The van der Waals surface area contributed by atoms with Gasteiger partial charge in [0.25, 0.3) is 0 Å². The van der Waals surface area contributed by atoms with Crippen molar-refractivity contribution in [1.82, 2.24) is 9.55 Å². The highest BCUT2D eigenvalue weighted by Gasteiger charge is 2.23. The Labute approximate surface area is 188 Å². The Morgan fingerprint density at radius 3 is 2.81 bits per heavy atom. The molecule has 3 aromatic rings. The van der Waals surface area contributed by atoms with E-state index in [0.717, 1.165) is 11.8 Å². The summed E-state index contributed by atoms with van der Waals surface area (Å²) in [4.78, 5) is 27.5. The predicted octanol–water partition coefficient (Wildman–Crippen LogP) is 4.24. The van der Waals surface area contributed by atoms with Crippen LogP contribution in [0.2, 0.25) is 5.02 Å². The first-order chi connectivity index (χ1) is 15.5. The van der Waals surface area contributed by atoms with Gasteiger partial charge in [-0.15, -0.1) is 0 Å². The van der Waals surface area contributed by atoms with Crippen molar-refractivity contribution in [2.75, 3.05) is 19.8 Å². The summed E-state index contributed by atoms with van der Waals surface area (Å²) in [6.07, 6.45) is 4.49. The normalized spacial score (nSPS) is 12.7. The Kier molecular flexibility index (Phi) is 6.37. The van der Waals surface area contributed by atoms with Crippen LogP contribution in [0.4, 0.5) is 5.82 Å². The third-order valence-electron chi connectivity index (χ3n) is 4.70. The van der Waals surface area contributed by atoms with E-state index in [9.17, 15) is 14.9 Å². The number of para-hydroxylation sites is 1. The number of halogens is 1. The van der Waals surface area contributed by atoms with Crippen LogP contribution in [0, 0.1) is 10.1 Å². The third-order valence-corrected chi connectivity index (χ3v) is 5.05. The van der Waals surface area contributed by atoms with E-state index < -0.39 is 10.9 Å². The molecule has 0 atom stereocenters. The van der Waals surface area contributed by atoms with E-state index in [1.807, 2.05) is 12.1 Å². The summed E-state index contributed by atoms with van der Waals surface area (Å²) in [7, 11) is 0. The van der Waals surface area contributed by atoms with Crippen LogP contribution >= 0.6 is 11.6 Å². The molecular formula is C22H18ClN3O6. The summed E-state index contributed by atoms with van der Waals surface area (Å²) in [5.41, 5.74) is 0.982. The predicted molar refractivity (Wildman–Crippen MR) is 117 cm³/mol. The Balaban J connectivity index is 1.48. The van der Waals surface area contributed by atoms with E-state index in [1.54, 1.807) is 42.5 Å². The molecule has 0 radical (unpaired) electrons. The van der Waals surface area contributed by atoms with Gasteiger partial charge in [-0.05, 0) is 34.8 Å². The molecule has 0 saturated heterocycles. The van der Waals surface area contributed by atoms with Crippen LogP contribution in [0.25, 0.3) is 12.2 Å². The number of carbonyl (C=O) groups is 1. The first-order valence-electron chi connectivity index (χ1n) is 9.73. The van der Waals surface area contributed by atoms with Crippen molar-refractivity contribution in [3.63, 3.8) is 0 Å². The zero-order chi connectivity index (χ0) is 22.5. The standard InChI is InChI=1S/C22H18ClN3O6/c23-17-6-2-1-4-15(17)8-9-19-24-14-20(26(28)29)25(19)10-11-32-22(27)16-5-3-7-18-21(16)31-13-12-30-18/h1-9,14H,10-13H2/b9-8-. The van der Waals surface area contributed by atoms with Gasteiger partial charge in [0.15, 0.2) is 11.5 Å². The number of nitro groups is 1. The third kappa shape index (κ3) is 4.57. The number of esters is 1. The van der Waals surface area contributed by atoms with Gasteiger partial charge < -0.3 is 24.3 Å². The summed E-state index contributed by atoms with van der Waals surface area (Å²) in [5, 5.41) is 11.9. The highest BCUT2D eigenvalue weighted by molar-refractivity contribution is 6.32. The van der Waals surface area contributed by atoms with Crippen LogP contribution < -0.4 is 9.47 Å². The summed E-state index contributed by atoms with van der Waals surface area (Å²) in [5.74, 6) is 0.321. The minimum atomic E-state index is -0.608. The lowest BCUT2D eigenvalue weighted by Gasteiger charge is -2.20. The molecule has 0 amide bonds. The molecular weight excluding hydrogens is 438 g/mol. The maximum Gasteiger partial charge on any atom is 0.343 e. The molecule has 0 unspecified atom stereocenters. The van der Waals surface area contributed by atoms with Crippen molar-refractivity contribution in [3.8, 4) is 11.5 Å². The lowest BCUT2D eigenvalue weighted by Crippen LogP contribution is -2.19. The van der Waals surface area contributed by atoms with Gasteiger partial charge >= 0.3 is 11.8 Å². The smallest absolute Gasteiger partial charge is 0.343 e. The van der Waals surface area contributed by atoms with E-state index in [-0.39, 0.29) is 24.5 Å². The fourth-order valence-electron chi connectivity index (χ4n) is 3.20. The molecule has 9 nitrogen and oxygen atoms in total. The molecule has 164 valence electrons. The molecule has 1 aliphatic rings. The second-order valence-corrected chi connectivity index (χ2v) is 7.11. The number of ether oxygens (including phenoxy) is 3. The molecule has 4 rings (SSSR count). The van der Waals surface area contributed by atoms with Crippen molar-refractivity contribution in [3.05, 3.63) is 80.7 Å². The average Bonchev–Trinajstić information content (AvgIpc) is 3.21. The van der Waals surface area contributed by atoms with Gasteiger partial charge in [0.2, 0.25) is 5.82 Å². The Morgan fingerprint density at radius 1 is 1.19 bits per heavy atom. The Hall–Kier alpha value is -3.85. The summed E-state index contributed by atoms with van der Waals surface area (Å²) in [6.45, 7) is 0.671. The monoisotopic (exact) mass is 455 g/mol. The summed E-state index contributed by atoms with van der Waals surface area (Å²) >= 11 is 6.15. The van der Waals surface area contributed by atoms with E-state index in [1.165, 1.54) is 4.57 Å². The van der Waals surface area contributed by atoms with E-state index >= 15 is 0 Å². The lowest BCUT2D eigenvalue weighted by atomic mass is 10.2. The molecule has 2 heterocycles. The number of hydrogen-bond acceptors (Lipinski definition) is 7. The fourth-order valence-corrected chi connectivity index (χ4v) is 3.40.